The predicted octanol–water partition coefficient (Wildman–Crippen LogP) is 3.32. The van der Waals surface area contributed by atoms with E-state index >= 15 is 0 Å². The first kappa shape index (κ1) is 14.0. The van der Waals surface area contributed by atoms with Crippen LogP contribution < -0.4 is 0 Å². The van der Waals surface area contributed by atoms with Crippen LogP contribution in [-0.2, 0) is 4.74 Å². The van der Waals surface area contributed by atoms with E-state index in [1.54, 1.807) is 19.2 Å². The summed E-state index contributed by atoms with van der Waals surface area (Å²) in [4.78, 5) is 16.5. The maximum absolute atomic E-state index is 12.2. The number of hydrogen-bond donors (Lipinski definition) is 0. The molecule has 1 aromatic carbocycles. The van der Waals surface area contributed by atoms with E-state index in [4.69, 9.17) is 9.26 Å². The van der Waals surface area contributed by atoms with Gasteiger partial charge in [-0.05, 0) is 24.6 Å². The number of esters is 1. The molecule has 110 valence electrons. The molecule has 0 spiro atoms. The van der Waals surface area contributed by atoms with Gasteiger partial charge >= 0.3 is 5.97 Å². The van der Waals surface area contributed by atoms with Crippen molar-refractivity contribution in [2.45, 2.75) is 13.0 Å². The van der Waals surface area contributed by atoms with Crippen LogP contribution in [0, 0.1) is 6.92 Å². The number of benzene rings is 1. The highest BCUT2D eigenvalue weighted by Gasteiger charge is 2.23. The van der Waals surface area contributed by atoms with Gasteiger partial charge in [-0.3, -0.25) is 4.98 Å². The summed E-state index contributed by atoms with van der Waals surface area (Å²) < 4.78 is 10.5. The van der Waals surface area contributed by atoms with E-state index in [1.807, 2.05) is 48.5 Å². The predicted molar refractivity (Wildman–Crippen MR) is 79.2 cm³/mol. The van der Waals surface area contributed by atoms with Gasteiger partial charge in [0, 0.05) is 12.3 Å². The number of aryl methyl sites for hydroxylation is 1. The van der Waals surface area contributed by atoms with Gasteiger partial charge in [0.05, 0.1) is 11.4 Å². The van der Waals surface area contributed by atoms with E-state index in [9.17, 15) is 4.79 Å². The Morgan fingerprint density at radius 1 is 1.14 bits per heavy atom. The fourth-order valence-electron chi connectivity index (χ4n) is 2.08. The highest BCUT2D eigenvalue weighted by molar-refractivity contribution is 5.86. The number of pyridine rings is 1. The van der Waals surface area contributed by atoms with Crippen molar-refractivity contribution in [3.8, 4) is 0 Å². The van der Waals surface area contributed by atoms with Crippen molar-refractivity contribution in [3.05, 3.63) is 83.5 Å². The van der Waals surface area contributed by atoms with Crippen LogP contribution in [-0.4, -0.2) is 16.1 Å². The first-order chi connectivity index (χ1) is 10.7. The lowest BCUT2D eigenvalue weighted by Gasteiger charge is -2.17. The molecule has 0 aliphatic heterocycles. The zero-order chi connectivity index (χ0) is 15.4. The number of hydrogen-bond acceptors (Lipinski definition) is 5. The summed E-state index contributed by atoms with van der Waals surface area (Å²) in [6, 6.07) is 16.5. The van der Waals surface area contributed by atoms with E-state index in [2.05, 4.69) is 10.1 Å². The van der Waals surface area contributed by atoms with E-state index in [-0.39, 0.29) is 5.76 Å². The van der Waals surface area contributed by atoms with E-state index in [0.29, 0.717) is 11.4 Å². The van der Waals surface area contributed by atoms with Crippen molar-refractivity contribution < 1.29 is 14.1 Å². The van der Waals surface area contributed by atoms with Gasteiger partial charge < -0.3 is 9.26 Å². The second-order valence-electron chi connectivity index (χ2n) is 4.78. The van der Waals surface area contributed by atoms with E-state index in [0.717, 1.165) is 5.56 Å². The van der Waals surface area contributed by atoms with Crippen LogP contribution >= 0.6 is 0 Å². The van der Waals surface area contributed by atoms with Crippen LogP contribution in [0.3, 0.4) is 0 Å². The second kappa shape index (κ2) is 6.22. The number of carbonyl (C=O) groups is 1. The van der Waals surface area contributed by atoms with Crippen molar-refractivity contribution in [3.63, 3.8) is 0 Å². The Morgan fingerprint density at radius 3 is 2.55 bits per heavy atom. The molecule has 1 unspecified atom stereocenters. The second-order valence-corrected chi connectivity index (χ2v) is 4.78. The van der Waals surface area contributed by atoms with Crippen molar-refractivity contribution >= 4 is 5.97 Å². The molecule has 0 aliphatic rings. The molecule has 0 aliphatic carbocycles. The van der Waals surface area contributed by atoms with Crippen molar-refractivity contribution in [1.82, 2.24) is 10.1 Å². The first-order valence-electron chi connectivity index (χ1n) is 6.84. The maximum atomic E-state index is 12.2. The maximum Gasteiger partial charge on any atom is 0.378 e. The highest BCUT2D eigenvalue weighted by atomic mass is 16.6. The molecule has 0 amide bonds. The summed E-state index contributed by atoms with van der Waals surface area (Å²) in [6.07, 6.45) is 1.07. The van der Waals surface area contributed by atoms with Crippen LogP contribution in [0.15, 0.2) is 65.3 Å². The lowest BCUT2D eigenvalue weighted by Crippen LogP contribution is -2.13. The monoisotopic (exact) mass is 294 g/mol. The SMILES string of the molecule is Cc1cc(C(=O)OC(c2ccccc2)c2ccccn2)on1. The Hall–Kier alpha value is -2.95. The Balaban J connectivity index is 1.91. The third-order valence-corrected chi connectivity index (χ3v) is 3.11. The number of carbonyl (C=O) groups excluding carboxylic acids is 1. The number of ether oxygens (including phenoxy) is 1. The van der Waals surface area contributed by atoms with Crippen LogP contribution in [0.2, 0.25) is 0 Å². The summed E-state index contributed by atoms with van der Waals surface area (Å²) >= 11 is 0. The smallest absolute Gasteiger partial charge is 0.378 e. The molecule has 1 atom stereocenters. The molecule has 5 heteroatoms. The molecule has 0 radical (unpaired) electrons. The normalized spacial score (nSPS) is 11.9. The Morgan fingerprint density at radius 2 is 1.91 bits per heavy atom. The Bertz CT molecular complexity index is 714. The molecular formula is C17H14N2O3. The van der Waals surface area contributed by atoms with Crippen LogP contribution in [0.25, 0.3) is 0 Å². The minimum Gasteiger partial charge on any atom is -0.445 e. The Kier molecular flexibility index (Phi) is 3.96. The lowest BCUT2D eigenvalue weighted by atomic mass is 10.1. The molecule has 22 heavy (non-hydrogen) atoms. The standard InChI is InChI=1S/C17H14N2O3/c1-12-11-15(22-19-12)17(20)21-16(13-7-3-2-4-8-13)14-9-5-6-10-18-14/h2-11,16H,1H3. The van der Waals surface area contributed by atoms with Gasteiger partial charge in [-0.15, -0.1) is 0 Å². The average Bonchev–Trinajstić information content (AvgIpc) is 3.01. The summed E-state index contributed by atoms with van der Waals surface area (Å²) in [5.41, 5.74) is 2.12. The molecule has 3 rings (SSSR count). The molecule has 0 saturated carbocycles. The van der Waals surface area contributed by atoms with Gasteiger partial charge in [-0.2, -0.15) is 0 Å². The summed E-state index contributed by atoms with van der Waals surface area (Å²) in [6.45, 7) is 1.74. The topological polar surface area (TPSA) is 65.2 Å². The molecule has 0 N–H and O–H groups in total. The van der Waals surface area contributed by atoms with Gasteiger partial charge in [0.2, 0.25) is 5.76 Å². The fourth-order valence-corrected chi connectivity index (χ4v) is 2.08. The van der Waals surface area contributed by atoms with E-state index in [1.165, 1.54) is 0 Å². The summed E-state index contributed by atoms with van der Waals surface area (Å²) in [7, 11) is 0. The average molecular weight is 294 g/mol. The van der Waals surface area contributed by atoms with Crippen molar-refractivity contribution in [2.24, 2.45) is 0 Å². The van der Waals surface area contributed by atoms with Crippen molar-refractivity contribution in [2.75, 3.05) is 0 Å². The van der Waals surface area contributed by atoms with E-state index < -0.39 is 12.1 Å². The number of rotatable bonds is 4. The largest absolute Gasteiger partial charge is 0.445 e. The summed E-state index contributed by atoms with van der Waals surface area (Å²) in [5, 5.41) is 3.70. The molecule has 0 bridgehead atoms. The quantitative estimate of drug-likeness (QED) is 0.691. The molecule has 2 heterocycles. The molecule has 0 saturated heterocycles. The molecule has 3 aromatic rings. The molecule has 0 fully saturated rings. The van der Waals surface area contributed by atoms with Gasteiger partial charge in [-0.1, -0.05) is 41.6 Å². The van der Waals surface area contributed by atoms with Gasteiger partial charge in [0.1, 0.15) is 0 Å². The highest BCUT2D eigenvalue weighted by Crippen LogP contribution is 2.25. The number of aromatic nitrogens is 2. The third kappa shape index (κ3) is 3.03. The molecule has 2 aromatic heterocycles. The fraction of sp³-hybridized carbons (Fsp3) is 0.118. The first-order valence-corrected chi connectivity index (χ1v) is 6.84. The van der Waals surface area contributed by atoms with Crippen LogP contribution in [0.4, 0.5) is 0 Å². The molecule has 5 nitrogen and oxygen atoms in total. The zero-order valence-electron chi connectivity index (χ0n) is 12.0. The minimum absolute atomic E-state index is 0.0781. The minimum atomic E-state index is -0.597. The molecular weight excluding hydrogens is 280 g/mol. The van der Waals surface area contributed by atoms with Crippen molar-refractivity contribution in [1.29, 1.82) is 0 Å². The third-order valence-electron chi connectivity index (χ3n) is 3.11. The number of nitrogens with zero attached hydrogens (tertiary/aromatic N) is 2. The van der Waals surface area contributed by atoms with Crippen LogP contribution in [0.1, 0.15) is 33.6 Å². The van der Waals surface area contributed by atoms with Gasteiger partial charge in [0.25, 0.3) is 0 Å². The zero-order valence-corrected chi connectivity index (χ0v) is 12.0. The Labute approximate surface area is 127 Å². The lowest BCUT2D eigenvalue weighted by molar-refractivity contribution is 0.0324. The summed E-state index contributed by atoms with van der Waals surface area (Å²) in [5.74, 6) is -0.491. The van der Waals surface area contributed by atoms with Gasteiger partial charge in [0.15, 0.2) is 6.10 Å². The van der Waals surface area contributed by atoms with Gasteiger partial charge in [-0.25, -0.2) is 4.79 Å². The van der Waals surface area contributed by atoms with Crippen LogP contribution in [0.5, 0.6) is 0 Å².